The molecule has 0 fully saturated rings. The first kappa shape index (κ1) is 18.2. The lowest BCUT2D eigenvalue weighted by molar-refractivity contribution is -0.120. The zero-order valence-corrected chi connectivity index (χ0v) is 14.2. The van der Waals surface area contributed by atoms with Gasteiger partial charge in [-0.05, 0) is 36.8 Å². The fraction of sp³-hybridized carbons (Fsp3) is 0.211. The molecule has 6 nitrogen and oxygen atoms in total. The molecule has 2 amide bonds. The number of hydrogen-bond acceptors (Lipinski definition) is 4. The predicted molar refractivity (Wildman–Crippen MR) is 93.1 cm³/mol. The van der Waals surface area contributed by atoms with E-state index in [9.17, 15) is 14.4 Å². The number of nitrogens with one attached hydrogen (secondary N) is 2. The summed E-state index contributed by atoms with van der Waals surface area (Å²) in [6.07, 6.45) is 0. The SMILES string of the molecule is COC(=O)c1ccc(CNC(=O)CNC(=O)c2ccc(C)cc2)cc1. The van der Waals surface area contributed by atoms with Gasteiger partial charge in [0, 0.05) is 12.1 Å². The van der Waals surface area contributed by atoms with Crippen molar-refractivity contribution in [1.82, 2.24) is 10.6 Å². The largest absolute Gasteiger partial charge is 0.465 e. The van der Waals surface area contributed by atoms with Gasteiger partial charge in [0.1, 0.15) is 0 Å². The third-order valence-corrected chi connectivity index (χ3v) is 3.59. The fourth-order valence-corrected chi connectivity index (χ4v) is 2.11. The van der Waals surface area contributed by atoms with Crippen molar-refractivity contribution in [1.29, 1.82) is 0 Å². The van der Waals surface area contributed by atoms with Crippen LogP contribution in [0.2, 0.25) is 0 Å². The van der Waals surface area contributed by atoms with Crippen LogP contribution in [0.15, 0.2) is 48.5 Å². The summed E-state index contributed by atoms with van der Waals surface area (Å²) in [7, 11) is 1.32. The van der Waals surface area contributed by atoms with E-state index in [4.69, 9.17) is 0 Å². The molecule has 2 aromatic carbocycles. The van der Waals surface area contributed by atoms with Gasteiger partial charge in [-0.15, -0.1) is 0 Å². The Hall–Kier alpha value is -3.15. The highest BCUT2D eigenvalue weighted by molar-refractivity contribution is 5.96. The Bertz CT molecular complexity index is 752. The van der Waals surface area contributed by atoms with Crippen molar-refractivity contribution in [2.45, 2.75) is 13.5 Å². The number of hydrogen-bond donors (Lipinski definition) is 2. The summed E-state index contributed by atoms with van der Waals surface area (Å²) in [5.41, 5.74) is 2.86. The highest BCUT2D eigenvalue weighted by Gasteiger charge is 2.08. The highest BCUT2D eigenvalue weighted by atomic mass is 16.5. The van der Waals surface area contributed by atoms with Gasteiger partial charge in [-0.3, -0.25) is 9.59 Å². The normalized spacial score (nSPS) is 10.0. The first-order valence-corrected chi connectivity index (χ1v) is 7.78. The second-order valence-electron chi connectivity index (χ2n) is 5.51. The summed E-state index contributed by atoms with van der Waals surface area (Å²) >= 11 is 0. The summed E-state index contributed by atoms with van der Waals surface area (Å²) in [6.45, 7) is 2.14. The maximum atomic E-state index is 11.9. The Kier molecular flexibility index (Phi) is 6.28. The van der Waals surface area contributed by atoms with Crippen LogP contribution in [-0.4, -0.2) is 31.4 Å². The Balaban J connectivity index is 1.77. The number of esters is 1. The predicted octanol–water partition coefficient (Wildman–Crippen LogP) is 1.83. The van der Waals surface area contributed by atoms with Crippen LogP contribution in [-0.2, 0) is 16.1 Å². The van der Waals surface area contributed by atoms with Crippen LogP contribution in [0.4, 0.5) is 0 Å². The van der Waals surface area contributed by atoms with E-state index >= 15 is 0 Å². The lowest BCUT2D eigenvalue weighted by Crippen LogP contribution is -2.36. The monoisotopic (exact) mass is 340 g/mol. The standard InChI is InChI=1S/C19H20N2O4/c1-13-3-7-15(8-4-13)18(23)21-12-17(22)20-11-14-5-9-16(10-6-14)19(24)25-2/h3-10H,11-12H2,1-2H3,(H,20,22)(H,21,23). The van der Waals surface area contributed by atoms with E-state index in [0.717, 1.165) is 11.1 Å². The average molecular weight is 340 g/mol. The number of aryl methyl sites for hydroxylation is 1. The molecule has 0 unspecified atom stereocenters. The van der Waals surface area contributed by atoms with Crippen molar-refractivity contribution < 1.29 is 19.1 Å². The third-order valence-electron chi connectivity index (χ3n) is 3.59. The molecule has 0 spiro atoms. The van der Waals surface area contributed by atoms with Gasteiger partial charge in [-0.1, -0.05) is 29.8 Å². The van der Waals surface area contributed by atoms with Crippen molar-refractivity contribution in [2.24, 2.45) is 0 Å². The van der Waals surface area contributed by atoms with Crippen LogP contribution < -0.4 is 10.6 Å². The lowest BCUT2D eigenvalue weighted by Gasteiger charge is -2.08. The number of carbonyl (C=O) groups excluding carboxylic acids is 3. The highest BCUT2D eigenvalue weighted by Crippen LogP contribution is 2.05. The minimum absolute atomic E-state index is 0.104. The Morgan fingerprint density at radius 1 is 0.880 bits per heavy atom. The van der Waals surface area contributed by atoms with E-state index in [0.29, 0.717) is 17.7 Å². The molecule has 6 heteroatoms. The minimum atomic E-state index is -0.408. The van der Waals surface area contributed by atoms with Gasteiger partial charge in [0.05, 0.1) is 19.2 Å². The Morgan fingerprint density at radius 3 is 2.08 bits per heavy atom. The first-order valence-electron chi connectivity index (χ1n) is 7.78. The summed E-state index contributed by atoms with van der Waals surface area (Å²) in [5.74, 6) is -0.996. The van der Waals surface area contributed by atoms with Crippen LogP contribution in [0.3, 0.4) is 0 Å². The van der Waals surface area contributed by atoms with Gasteiger partial charge < -0.3 is 15.4 Å². The summed E-state index contributed by atoms with van der Waals surface area (Å²) in [6, 6.07) is 13.8. The van der Waals surface area contributed by atoms with Gasteiger partial charge in [-0.2, -0.15) is 0 Å². The zero-order chi connectivity index (χ0) is 18.2. The van der Waals surface area contributed by atoms with Crippen LogP contribution in [0.1, 0.15) is 31.8 Å². The number of carbonyl (C=O) groups is 3. The van der Waals surface area contributed by atoms with Crippen LogP contribution in [0.25, 0.3) is 0 Å². The number of benzene rings is 2. The van der Waals surface area contributed by atoms with E-state index < -0.39 is 5.97 Å². The molecule has 0 aliphatic carbocycles. The average Bonchev–Trinajstić information content (AvgIpc) is 2.64. The van der Waals surface area contributed by atoms with Crippen molar-refractivity contribution in [3.8, 4) is 0 Å². The molecule has 0 heterocycles. The molecule has 0 saturated heterocycles. The van der Waals surface area contributed by atoms with Crippen molar-refractivity contribution >= 4 is 17.8 Å². The molecule has 0 aliphatic heterocycles. The quantitative estimate of drug-likeness (QED) is 0.786. The smallest absolute Gasteiger partial charge is 0.337 e. The molecule has 0 bridgehead atoms. The van der Waals surface area contributed by atoms with Gasteiger partial charge in [0.2, 0.25) is 5.91 Å². The second kappa shape index (κ2) is 8.63. The van der Waals surface area contributed by atoms with Crippen LogP contribution in [0.5, 0.6) is 0 Å². The van der Waals surface area contributed by atoms with E-state index in [1.807, 2.05) is 19.1 Å². The molecule has 2 aromatic rings. The van der Waals surface area contributed by atoms with Crippen molar-refractivity contribution in [3.63, 3.8) is 0 Å². The third kappa shape index (κ3) is 5.46. The molecule has 0 saturated carbocycles. The van der Waals surface area contributed by atoms with Crippen LogP contribution in [0, 0.1) is 6.92 Å². The summed E-state index contributed by atoms with van der Waals surface area (Å²) in [4.78, 5) is 35.1. The molecule has 25 heavy (non-hydrogen) atoms. The van der Waals surface area contributed by atoms with Gasteiger partial charge in [0.25, 0.3) is 5.91 Å². The van der Waals surface area contributed by atoms with Crippen molar-refractivity contribution in [2.75, 3.05) is 13.7 Å². The van der Waals surface area contributed by atoms with Gasteiger partial charge >= 0.3 is 5.97 Å². The number of ether oxygens (including phenoxy) is 1. The molecule has 0 aliphatic rings. The minimum Gasteiger partial charge on any atom is -0.465 e. The molecule has 2 rings (SSSR count). The molecule has 0 aromatic heterocycles. The number of methoxy groups -OCH3 is 1. The van der Waals surface area contributed by atoms with Crippen molar-refractivity contribution in [3.05, 3.63) is 70.8 Å². The molecular formula is C19H20N2O4. The van der Waals surface area contributed by atoms with E-state index in [1.165, 1.54) is 7.11 Å². The summed E-state index contributed by atoms with van der Waals surface area (Å²) < 4.78 is 4.62. The molecule has 0 radical (unpaired) electrons. The van der Waals surface area contributed by atoms with Gasteiger partial charge in [0.15, 0.2) is 0 Å². The maximum absolute atomic E-state index is 11.9. The van der Waals surface area contributed by atoms with E-state index in [-0.39, 0.29) is 18.4 Å². The van der Waals surface area contributed by atoms with Gasteiger partial charge in [-0.25, -0.2) is 4.79 Å². The molecular weight excluding hydrogens is 320 g/mol. The number of amides is 2. The number of rotatable bonds is 6. The zero-order valence-electron chi connectivity index (χ0n) is 14.2. The van der Waals surface area contributed by atoms with E-state index in [2.05, 4.69) is 15.4 Å². The maximum Gasteiger partial charge on any atom is 0.337 e. The van der Waals surface area contributed by atoms with Crippen LogP contribution >= 0.6 is 0 Å². The molecule has 2 N–H and O–H groups in total. The van der Waals surface area contributed by atoms with E-state index in [1.54, 1.807) is 36.4 Å². The molecule has 130 valence electrons. The topological polar surface area (TPSA) is 84.5 Å². The second-order valence-corrected chi connectivity index (χ2v) is 5.51. The Morgan fingerprint density at radius 2 is 1.48 bits per heavy atom. The Labute approximate surface area is 146 Å². The lowest BCUT2D eigenvalue weighted by atomic mass is 10.1. The summed E-state index contributed by atoms with van der Waals surface area (Å²) in [5, 5.41) is 5.28. The molecule has 0 atom stereocenters. The fourth-order valence-electron chi connectivity index (χ4n) is 2.11. The first-order chi connectivity index (χ1) is 12.0.